The van der Waals surface area contributed by atoms with Gasteiger partial charge in [-0.05, 0) is 49.6 Å². The van der Waals surface area contributed by atoms with E-state index >= 15 is 0 Å². The summed E-state index contributed by atoms with van der Waals surface area (Å²) in [4.78, 5) is 55.7. The molecule has 4 rings (SSSR count). The van der Waals surface area contributed by atoms with Crippen LogP contribution in [0.2, 0.25) is 0 Å². The van der Waals surface area contributed by atoms with Crippen LogP contribution >= 0.6 is 11.8 Å². The van der Waals surface area contributed by atoms with Gasteiger partial charge in [-0.15, -0.1) is 0 Å². The van der Waals surface area contributed by atoms with Crippen molar-refractivity contribution in [1.29, 1.82) is 0 Å². The third-order valence-electron chi connectivity index (χ3n) is 5.57. The van der Waals surface area contributed by atoms with Crippen molar-refractivity contribution in [1.82, 2.24) is 15.8 Å². The van der Waals surface area contributed by atoms with Crippen LogP contribution in [0, 0.1) is 0 Å². The molecule has 182 valence electrons. The maximum Gasteiger partial charge on any atom is 0.273 e. The van der Waals surface area contributed by atoms with E-state index in [-0.39, 0.29) is 35.1 Å². The number of phenols is 1. The number of hydrogen-bond donors (Lipinski definition) is 4. The Balaban J connectivity index is 1.29. The molecular formula is C24H25N5O5S. The molecule has 4 amide bonds. The largest absolute Gasteiger partial charge is 0.507 e. The van der Waals surface area contributed by atoms with Gasteiger partial charge in [0.15, 0.2) is 5.17 Å². The first kappa shape index (κ1) is 24.3. The molecule has 0 saturated carbocycles. The van der Waals surface area contributed by atoms with Crippen molar-refractivity contribution in [2.45, 2.75) is 30.9 Å². The second kappa shape index (κ2) is 11.0. The number of nitrogens with one attached hydrogen (secondary N) is 3. The number of aromatic hydroxyl groups is 1. The van der Waals surface area contributed by atoms with Crippen molar-refractivity contribution in [3.8, 4) is 5.75 Å². The summed E-state index contributed by atoms with van der Waals surface area (Å²) >= 11 is 1.32. The van der Waals surface area contributed by atoms with Gasteiger partial charge in [0.25, 0.3) is 17.7 Å². The van der Waals surface area contributed by atoms with Crippen LogP contribution in [0.15, 0.2) is 53.5 Å². The smallest absolute Gasteiger partial charge is 0.273 e. The molecule has 0 bridgehead atoms. The Morgan fingerprint density at radius 1 is 1.00 bits per heavy atom. The summed E-state index contributed by atoms with van der Waals surface area (Å²) in [5, 5.41) is 12.6. The number of thioether (sulfide) groups is 1. The lowest BCUT2D eigenvalue weighted by Gasteiger charge is -2.27. The lowest BCUT2D eigenvalue weighted by molar-refractivity contribution is -0.121. The van der Waals surface area contributed by atoms with E-state index in [1.807, 2.05) is 0 Å². The predicted molar refractivity (Wildman–Crippen MR) is 132 cm³/mol. The number of benzene rings is 2. The highest BCUT2D eigenvalue weighted by Gasteiger charge is 2.33. The second-order valence-corrected chi connectivity index (χ2v) is 9.32. The molecule has 1 atom stereocenters. The fourth-order valence-electron chi connectivity index (χ4n) is 3.77. The highest BCUT2D eigenvalue weighted by molar-refractivity contribution is 8.15. The van der Waals surface area contributed by atoms with Crippen molar-refractivity contribution < 1.29 is 24.3 Å². The van der Waals surface area contributed by atoms with E-state index in [2.05, 4.69) is 26.1 Å². The van der Waals surface area contributed by atoms with Crippen molar-refractivity contribution in [3.63, 3.8) is 0 Å². The summed E-state index contributed by atoms with van der Waals surface area (Å²) in [5.41, 5.74) is 5.10. The van der Waals surface area contributed by atoms with Gasteiger partial charge in [0.05, 0.1) is 5.56 Å². The summed E-state index contributed by atoms with van der Waals surface area (Å²) < 4.78 is 0. The minimum absolute atomic E-state index is 0.0144. The molecule has 1 saturated heterocycles. The third kappa shape index (κ3) is 6.18. The van der Waals surface area contributed by atoms with Gasteiger partial charge in [-0.25, -0.2) is 0 Å². The maximum atomic E-state index is 12.6. The lowest BCUT2D eigenvalue weighted by atomic mass is 10.1. The third-order valence-corrected chi connectivity index (χ3v) is 6.79. The molecular weight excluding hydrogens is 470 g/mol. The van der Waals surface area contributed by atoms with Crippen molar-refractivity contribution in [2.24, 2.45) is 4.99 Å². The van der Waals surface area contributed by atoms with Crippen LogP contribution in [0.3, 0.4) is 0 Å². The fourth-order valence-corrected chi connectivity index (χ4v) is 4.88. The number of anilines is 1. The molecule has 11 heteroatoms. The highest BCUT2D eigenvalue weighted by atomic mass is 32.2. The summed E-state index contributed by atoms with van der Waals surface area (Å²) in [6.07, 6.45) is 3.29. The van der Waals surface area contributed by atoms with Gasteiger partial charge in [-0.1, -0.05) is 30.0 Å². The monoisotopic (exact) mass is 495 g/mol. The topological polar surface area (TPSA) is 140 Å². The maximum absolute atomic E-state index is 12.6. The Hall–Kier alpha value is -3.86. The first-order valence-electron chi connectivity index (χ1n) is 11.2. The van der Waals surface area contributed by atoms with Crippen molar-refractivity contribution in [2.75, 3.05) is 18.4 Å². The number of phenolic OH excluding ortho intramolecular Hbond substituents is 1. The van der Waals surface area contributed by atoms with Crippen LogP contribution in [0.25, 0.3) is 0 Å². The molecule has 0 aromatic heterocycles. The second-order valence-electron chi connectivity index (χ2n) is 8.15. The summed E-state index contributed by atoms with van der Waals surface area (Å²) in [7, 11) is 0. The first-order valence-corrected chi connectivity index (χ1v) is 12.1. The number of para-hydroxylation sites is 1. The Morgan fingerprint density at radius 2 is 1.74 bits per heavy atom. The molecule has 4 N–H and O–H groups in total. The molecule has 2 aromatic rings. The van der Waals surface area contributed by atoms with E-state index in [4.69, 9.17) is 0 Å². The minimum Gasteiger partial charge on any atom is -0.507 e. The Labute approximate surface area is 206 Å². The summed E-state index contributed by atoms with van der Waals surface area (Å²) in [6.45, 7) is 1.75. The number of hydrazine groups is 1. The van der Waals surface area contributed by atoms with Crippen LogP contribution in [0.5, 0.6) is 5.75 Å². The molecule has 2 aromatic carbocycles. The number of amides is 4. The highest BCUT2D eigenvalue weighted by Crippen LogP contribution is 2.29. The van der Waals surface area contributed by atoms with Crippen LogP contribution in [-0.4, -0.2) is 57.1 Å². The number of likely N-dealkylation sites (tertiary alicyclic amines) is 1. The Kier molecular flexibility index (Phi) is 7.66. The van der Waals surface area contributed by atoms with Crippen LogP contribution in [-0.2, 0) is 9.59 Å². The average molecular weight is 496 g/mol. The number of hydrogen-bond acceptors (Lipinski definition) is 7. The lowest BCUT2D eigenvalue weighted by Crippen LogP contribution is -2.41. The number of piperidine rings is 1. The molecule has 10 nitrogen and oxygen atoms in total. The van der Waals surface area contributed by atoms with Gasteiger partial charge in [0.2, 0.25) is 5.91 Å². The zero-order chi connectivity index (χ0) is 24.8. The Bertz CT molecular complexity index is 1180. The van der Waals surface area contributed by atoms with E-state index in [0.29, 0.717) is 10.9 Å². The van der Waals surface area contributed by atoms with E-state index in [1.54, 1.807) is 24.3 Å². The van der Waals surface area contributed by atoms with Crippen LogP contribution in [0.1, 0.15) is 46.4 Å². The van der Waals surface area contributed by atoms with Crippen LogP contribution in [0.4, 0.5) is 5.69 Å². The molecule has 0 spiro atoms. The SMILES string of the molecule is O=C(CC1SC(N2CCCCC2)=NC1=O)Nc1cccc(C(=O)NNC(=O)c2ccccc2O)c1. The molecule has 1 fully saturated rings. The normalized spacial score (nSPS) is 17.5. The van der Waals surface area contributed by atoms with Gasteiger partial charge in [-0.2, -0.15) is 4.99 Å². The van der Waals surface area contributed by atoms with E-state index in [0.717, 1.165) is 25.9 Å². The standard InChI is InChI=1S/C24H25N5O5S/c30-18-10-3-2-9-17(18)22(33)28-27-21(32)15-7-6-8-16(13-15)25-20(31)14-19-23(34)26-24(35-19)29-11-4-1-5-12-29/h2-3,6-10,13,19,30H,1,4-5,11-12,14H2,(H,25,31)(H,27,32)(H,28,33). The molecule has 2 heterocycles. The number of carbonyl (C=O) groups is 4. The first-order chi connectivity index (χ1) is 16.9. The summed E-state index contributed by atoms with van der Waals surface area (Å²) in [5.74, 6) is -2.16. The number of carbonyl (C=O) groups excluding carboxylic acids is 4. The van der Waals surface area contributed by atoms with Crippen LogP contribution < -0.4 is 16.2 Å². The molecule has 2 aliphatic rings. The van der Waals surface area contributed by atoms with E-state index < -0.39 is 17.1 Å². The Morgan fingerprint density at radius 3 is 2.51 bits per heavy atom. The molecule has 1 unspecified atom stereocenters. The van der Waals surface area contributed by atoms with E-state index in [9.17, 15) is 24.3 Å². The quantitative estimate of drug-likeness (QED) is 0.467. The zero-order valence-corrected chi connectivity index (χ0v) is 19.6. The molecule has 0 aliphatic carbocycles. The number of nitrogens with zero attached hydrogens (tertiary/aromatic N) is 2. The van der Waals surface area contributed by atoms with Gasteiger partial charge in [0.1, 0.15) is 11.0 Å². The summed E-state index contributed by atoms with van der Waals surface area (Å²) in [6, 6.07) is 12.1. The van der Waals surface area contributed by atoms with Gasteiger partial charge in [-0.3, -0.25) is 30.0 Å². The van der Waals surface area contributed by atoms with Crippen molar-refractivity contribution in [3.05, 3.63) is 59.7 Å². The minimum atomic E-state index is -0.675. The number of rotatable bonds is 5. The molecule has 2 aliphatic heterocycles. The van der Waals surface area contributed by atoms with E-state index in [1.165, 1.54) is 42.4 Å². The molecule has 35 heavy (non-hydrogen) atoms. The fraction of sp³-hybridized carbons (Fsp3) is 0.292. The number of amidine groups is 1. The van der Waals surface area contributed by atoms with Gasteiger partial charge in [0, 0.05) is 30.8 Å². The van der Waals surface area contributed by atoms with Crippen molar-refractivity contribution >= 4 is 46.2 Å². The predicted octanol–water partition coefficient (Wildman–Crippen LogP) is 2.28. The number of aliphatic imine (C=N–C) groups is 1. The average Bonchev–Trinajstić information content (AvgIpc) is 3.23. The molecule has 0 radical (unpaired) electrons. The zero-order valence-electron chi connectivity index (χ0n) is 18.8. The van der Waals surface area contributed by atoms with Gasteiger partial charge < -0.3 is 15.3 Å². The van der Waals surface area contributed by atoms with Gasteiger partial charge >= 0.3 is 0 Å².